The molecule has 2 heterocycles. The van der Waals surface area contributed by atoms with Crippen molar-refractivity contribution in [1.29, 1.82) is 0 Å². The number of hydrogen-bond acceptors (Lipinski definition) is 7. The standard InChI is InChI=1S/C19H26N4O4S/c1-3-26-16-8-4-5-9-17(16)28(24,25)20-10-13-27-19-14-18(21-15(2)22-19)23-11-6-7-12-23/h4-5,8-9,14,20H,3,6-7,10-13H2,1-2H3. The number of para-hydroxylation sites is 1. The number of nitrogens with one attached hydrogen (secondary N) is 1. The van der Waals surface area contributed by atoms with Crippen molar-refractivity contribution in [3.05, 3.63) is 36.2 Å². The van der Waals surface area contributed by atoms with Crippen molar-refractivity contribution in [1.82, 2.24) is 14.7 Å². The molecule has 28 heavy (non-hydrogen) atoms. The highest BCUT2D eigenvalue weighted by atomic mass is 32.2. The number of anilines is 1. The summed E-state index contributed by atoms with van der Waals surface area (Å²) in [4.78, 5) is 11.1. The van der Waals surface area contributed by atoms with Gasteiger partial charge in [-0.25, -0.2) is 18.1 Å². The van der Waals surface area contributed by atoms with E-state index in [0.717, 1.165) is 31.7 Å². The quantitative estimate of drug-likeness (QED) is 0.638. The fourth-order valence-corrected chi connectivity index (χ4v) is 4.22. The molecule has 0 spiro atoms. The van der Waals surface area contributed by atoms with E-state index in [1.54, 1.807) is 24.3 Å². The largest absolute Gasteiger partial charge is 0.492 e. The van der Waals surface area contributed by atoms with E-state index in [2.05, 4.69) is 19.6 Å². The summed E-state index contributed by atoms with van der Waals surface area (Å²) in [6.07, 6.45) is 2.31. The van der Waals surface area contributed by atoms with E-state index < -0.39 is 10.0 Å². The summed E-state index contributed by atoms with van der Waals surface area (Å²) in [6.45, 7) is 6.26. The fourth-order valence-electron chi connectivity index (χ4n) is 3.06. The molecule has 8 nitrogen and oxygen atoms in total. The number of aryl methyl sites for hydroxylation is 1. The van der Waals surface area contributed by atoms with Gasteiger partial charge < -0.3 is 14.4 Å². The van der Waals surface area contributed by atoms with Gasteiger partial charge in [-0.1, -0.05) is 12.1 Å². The Kier molecular flexibility index (Phi) is 6.69. The Morgan fingerprint density at radius 3 is 2.64 bits per heavy atom. The molecule has 0 radical (unpaired) electrons. The molecule has 1 aliphatic heterocycles. The summed E-state index contributed by atoms with van der Waals surface area (Å²) < 4.78 is 38.7. The van der Waals surface area contributed by atoms with Crippen LogP contribution in [-0.2, 0) is 10.0 Å². The van der Waals surface area contributed by atoms with Crippen molar-refractivity contribution in [3.8, 4) is 11.6 Å². The Hall–Kier alpha value is -2.39. The maximum absolute atomic E-state index is 12.5. The molecule has 1 aromatic carbocycles. The molecule has 0 saturated carbocycles. The Bertz CT molecular complexity index is 899. The van der Waals surface area contributed by atoms with Crippen molar-refractivity contribution in [3.63, 3.8) is 0 Å². The molecule has 9 heteroatoms. The van der Waals surface area contributed by atoms with Crippen LogP contribution in [0.15, 0.2) is 35.2 Å². The zero-order valence-corrected chi connectivity index (χ0v) is 17.0. The van der Waals surface area contributed by atoms with Crippen LogP contribution >= 0.6 is 0 Å². The van der Waals surface area contributed by atoms with Crippen LogP contribution in [0.5, 0.6) is 11.6 Å². The molecule has 2 aromatic rings. The molecular formula is C19H26N4O4S. The van der Waals surface area contributed by atoms with Gasteiger partial charge in [-0.15, -0.1) is 0 Å². The minimum atomic E-state index is -3.69. The van der Waals surface area contributed by atoms with Gasteiger partial charge in [0.25, 0.3) is 0 Å². The van der Waals surface area contributed by atoms with Gasteiger partial charge in [-0.2, -0.15) is 4.98 Å². The van der Waals surface area contributed by atoms with Crippen LogP contribution in [0.3, 0.4) is 0 Å². The SMILES string of the molecule is CCOc1ccccc1S(=O)(=O)NCCOc1cc(N2CCCC2)nc(C)n1. The Morgan fingerprint density at radius 2 is 1.89 bits per heavy atom. The van der Waals surface area contributed by atoms with Crippen molar-refractivity contribution in [2.75, 3.05) is 37.7 Å². The van der Waals surface area contributed by atoms with Gasteiger partial charge in [-0.3, -0.25) is 0 Å². The van der Waals surface area contributed by atoms with Gasteiger partial charge in [0, 0.05) is 25.7 Å². The zero-order chi connectivity index (χ0) is 20.0. The van der Waals surface area contributed by atoms with Gasteiger partial charge in [0.05, 0.1) is 6.61 Å². The van der Waals surface area contributed by atoms with Crippen LogP contribution < -0.4 is 19.1 Å². The summed E-state index contributed by atoms with van der Waals surface area (Å²) >= 11 is 0. The van der Waals surface area contributed by atoms with Crippen LogP contribution in [-0.4, -0.2) is 51.2 Å². The monoisotopic (exact) mass is 406 g/mol. The molecule has 0 bridgehead atoms. The number of nitrogens with zero attached hydrogens (tertiary/aromatic N) is 3. The summed E-state index contributed by atoms with van der Waals surface area (Å²) in [5.41, 5.74) is 0. The highest BCUT2D eigenvalue weighted by molar-refractivity contribution is 7.89. The lowest BCUT2D eigenvalue weighted by Crippen LogP contribution is -2.29. The molecule has 0 unspecified atom stereocenters. The van der Waals surface area contributed by atoms with Crippen LogP contribution in [0.2, 0.25) is 0 Å². The van der Waals surface area contributed by atoms with Gasteiger partial charge in [0.2, 0.25) is 15.9 Å². The molecule has 0 atom stereocenters. The Morgan fingerprint density at radius 1 is 1.14 bits per heavy atom. The van der Waals surface area contributed by atoms with E-state index >= 15 is 0 Å². The molecule has 152 valence electrons. The predicted octanol–water partition coefficient (Wildman–Crippen LogP) is 2.14. The normalized spacial score (nSPS) is 14.3. The second kappa shape index (κ2) is 9.20. The summed E-state index contributed by atoms with van der Waals surface area (Å²) in [7, 11) is -3.69. The van der Waals surface area contributed by atoms with Crippen LogP contribution in [0.25, 0.3) is 0 Å². The number of benzene rings is 1. The van der Waals surface area contributed by atoms with Crippen molar-refractivity contribution < 1.29 is 17.9 Å². The third kappa shape index (κ3) is 5.11. The zero-order valence-electron chi connectivity index (χ0n) is 16.2. The molecule has 0 amide bonds. The highest BCUT2D eigenvalue weighted by Crippen LogP contribution is 2.23. The lowest BCUT2D eigenvalue weighted by molar-refractivity contribution is 0.308. The molecule has 1 saturated heterocycles. The minimum Gasteiger partial charge on any atom is -0.492 e. The first kappa shape index (κ1) is 20.3. The second-order valence-electron chi connectivity index (χ2n) is 6.43. The average molecular weight is 407 g/mol. The first-order valence-corrected chi connectivity index (χ1v) is 10.9. The minimum absolute atomic E-state index is 0.116. The van der Waals surface area contributed by atoms with Gasteiger partial charge >= 0.3 is 0 Å². The predicted molar refractivity (Wildman–Crippen MR) is 107 cm³/mol. The first-order chi connectivity index (χ1) is 13.5. The summed E-state index contributed by atoms with van der Waals surface area (Å²) in [5.74, 6) is 2.26. The van der Waals surface area contributed by atoms with Crippen LogP contribution in [0.4, 0.5) is 5.82 Å². The maximum atomic E-state index is 12.5. The number of rotatable bonds is 9. The Balaban J connectivity index is 1.58. The molecular weight excluding hydrogens is 380 g/mol. The van der Waals surface area contributed by atoms with E-state index in [0.29, 0.717) is 24.1 Å². The number of sulfonamides is 1. The third-order valence-electron chi connectivity index (χ3n) is 4.31. The molecule has 0 aliphatic carbocycles. The number of ether oxygens (including phenoxy) is 2. The molecule has 1 fully saturated rings. The number of hydrogen-bond donors (Lipinski definition) is 1. The second-order valence-corrected chi connectivity index (χ2v) is 8.17. The van der Waals surface area contributed by atoms with Crippen LogP contribution in [0, 0.1) is 6.92 Å². The summed E-state index contributed by atoms with van der Waals surface area (Å²) in [5, 5.41) is 0. The third-order valence-corrected chi connectivity index (χ3v) is 5.81. The first-order valence-electron chi connectivity index (χ1n) is 9.44. The van der Waals surface area contributed by atoms with E-state index in [4.69, 9.17) is 9.47 Å². The van der Waals surface area contributed by atoms with Gasteiger partial charge in [0.15, 0.2) is 0 Å². The average Bonchev–Trinajstić information content (AvgIpc) is 3.20. The lowest BCUT2D eigenvalue weighted by atomic mass is 10.3. The maximum Gasteiger partial charge on any atom is 0.244 e. The summed E-state index contributed by atoms with van der Waals surface area (Å²) in [6, 6.07) is 8.36. The lowest BCUT2D eigenvalue weighted by Gasteiger charge is -2.17. The molecule has 1 aromatic heterocycles. The highest BCUT2D eigenvalue weighted by Gasteiger charge is 2.19. The topological polar surface area (TPSA) is 93.7 Å². The van der Waals surface area contributed by atoms with Gasteiger partial charge in [-0.05, 0) is 38.8 Å². The molecule has 3 rings (SSSR count). The molecule has 1 aliphatic rings. The van der Waals surface area contributed by atoms with Crippen molar-refractivity contribution in [2.24, 2.45) is 0 Å². The smallest absolute Gasteiger partial charge is 0.244 e. The van der Waals surface area contributed by atoms with Crippen molar-refractivity contribution >= 4 is 15.8 Å². The van der Waals surface area contributed by atoms with E-state index in [-0.39, 0.29) is 18.0 Å². The van der Waals surface area contributed by atoms with E-state index in [1.165, 1.54) is 6.07 Å². The number of aromatic nitrogens is 2. The fraction of sp³-hybridized carbons (Fsp3) is 0.474. The van der Waals surface area contributed by atoms with E-state index in [1.807, 2.05) is 13.8 Å². The van der Waals surface area contributed by atoms with E-state index in [9.17, 15) is 8.42 Å². The van der Waals surface area contributed by atoms with Crippen molar-refractivity contribution in [2.45, 2.75) is 31.6 Å². The van der Waals surface area contributed by atoms with Gasteiger partial charge in [0.1, 0.15) is 28.9 Å². The molecule has 1 N–H and O–H groups in total. The van der Waals surface area contributed by atoms with Crippen LogP contribution in [0.1, 0.15) is 25.6 Å². The Labute approximate surface area is 166 Å².